The van der Waals surface area contributed by atoms with Crippen molar-refractivity contribution in [1.29, 1.82) is 0 Å². The first kappa shape index (κ1) is 18.5. The molecular weight excluding hydrogens is 386 g/mol. The SMILES string of the molecule is Cc1noc(C)c1CN1C(=O)CC[C@]12CCCN(c1ncc3sccc3n1)CC2. The summed E-state index contributed by atoms with van der Waals surface area (Å²) in [5.74, 6) is 1.86. The fourth-order valence-electron chi connectivity index (χ4n) is 4.82. The first-order chi connectivity index (χ1) is 14.1. The van der Waals surface area contributed by atoms with Crippen LogP contribution in [0.3, 0.4) is 0 Å². The number of hydrogen-bond acceptors (Lipinski definition) is 7. The second kappa shape index (κ2) is 7.09. The first-order valence-electron chi connectivity index (χ1n) is 10.2. The molecule has 2 fully saturated rings. The van der Waals surface area contributed by atoms with Gasteiger partial charge in [-0.2, -0.15) is 0 Å². The minimum absolute atomic E-state index is 0.0888. The van der Waals surface area contributed by atoms with Gasteiger partial charge in [-0.15, -0.1) is 11.3 Å². The summed E-state index contributed by atoms with van der Waals surface area (Å²) in [4.78, 5) is 26.6. The highest BCUT2D eigenvalue weighted by Gasteiger charge is 2.46. The summed E-state index contributed by atoms with van der Waals surface area (Å²) >= 11 is 1.67. The van der Waals surface area contributed by atoms with Gasteiger partial charge in [0.05, 0.1) is 28.7 Å². The molecule has 1 atom stereocenters. The average Bonchev–Trinajstić information content (AvgIpc) is 3.34. The van der Waals surface area contributed by atoms with E-state index in [4.69, 9.17) is 9.51 Å². The number of thiophene rings is 1. The molecule has 0 radical (unpaired) electrons. The van der Waals surface area contributed by atoms with Crippen molar-refractivity contribution in [3.63, 3.8) is 0 Å². The summed E-state index contributed by atoms with van der Waals surface area (Å²) in [6, 6.07) is 2.05. The predicted molar refractivity (Wildman–Crippen MR) is 112 cm³/mol. The lowest BCUT2D eigenvalue weighted by Gasteiger charge is -2.38. The monoisotopic (exact) mass is 411 g/mol. The van der Waals surface area contributed by atoms with Crippen molar-refractivity contribution in [3.8, 4) is 0 Å². The molecule has 1 amide bonds. The van der Waals surface area contributed by atoms with Crippen LogP contribution in [0.5, 0.6) is 0 Å². The lowest BCUT2D eigenvalue weighted by atomic mass is 9.87. The fraction of sp³-hybridized carbons (Fsp3) is 0.524. The van der Waals surface area contributed by atoms with E-state index in [1.54, 1.807) is 11.3 Å². The van der Waals surface area contributed by atoms with Crippen LogP contribution < -0.4 is 4.90 Å². The van der Waals surface area contributed by atoms with E-state index in [0.717, 1.165) is 72.0 Å². The van der Waals surface area contributed by atoms with Gasteiger partial charge in [-0.05, 0) is 51.0 Å². The Balaban J connectivity index is 1.38. The maximum absolute atomic E-state index is 12.8. The van der Waals surface area contributed by atoms with Crippen molar-refractivity contribution >= 4 is 33.4 Å². The van der Waals surface area contributed by atoms with E-state index >= 15 is 0 Å². The topological polar surface area (TPSA) is 75.4 Å². The number of carbonyl (C=O) groups excluding carboxylic acids is 1. The highest BCUT2D eigenvalue weighted by atomic mass is 32.1. The van der Waals surface area contributed by atoms with Gasteiger partial charge in [-0.1, -0.05) is 5.16 Å². The Hall–Kier alpha value is -2.48. The Labute approximate surface area is 173 Å². The van der Waals surface area contributed by atoms with Gasteiger partial charge in [0.1, 0.15) is 5.76 Å². The van der Waals surface area contributed by atoms with Crippen molar-refractivity contribution in [1.82, 2.24) is 20.0 Å². The zero-order valence-electron chi connectivity index (χ0n) is 16.8. The molecular formula is C21H25N5O2S. The minimum Gasteiger partial charge on any atom is -0.361 e. The fourth-order valence-corrected chi connectivity index (χ4v) is 5.51. The third-order valence-electron chi connectivity index (χ3n) is 6.57. The van der Waals surface area contributed by atoms with Gasteiger partial charge >= 0.3 is 0 Å². The molecule has 1 spiro atoms. The Morgan fingerprint density at radius 3 is 2.97 bits per heavy atom. The summed E-state index contributed by atoms with van der Waals surface area (Å²) in [5, 5.41) is 6.12. The molecule has 29 heavy (non-hydrogen) atoms. The Morgan fingerprint density at radius 1 is 1.24 bits per heavy atom. The van der Waals surface area contributed by atoms with Gasteiger partial charge in [0.25, 0.3) is 0 Å². The molecule has 3 aromatic heterocycles. The molecule has 0 bridgehead atoms. The van der Waals surface area contributed by atoms with E-state index in [1.165, 1.54) is 0 Å². The number of carbonyl (C=O) groups is 1. The Bertz CT molecular complexity index is 1040. The van der Waals surface area contributed by atoms with E-state index < -0.39 is 0 Å². The van der Waals surface area contributed by atoms with Crippen molar-refractivity contribution in [2.45, 2.75) is 58.0 Å². The van der Waals surface area contributed by atoms with Crippen LogP contribution in [-0.2, 0) is 11.3 Å². The number of hydrogen-bond donors (Lipinski definition) is 0. The quantitative estimate of drug-likeness (QED) is 0.652. The average molecular weight is 412 g/mol. The van der Waals surface area contributed by atoms with Crippen LogP contribution in [0.1, 0.15) is 49.1 Å². The van der Waals surface area contributed by atoms with E-state index in [2.05, 4.69) is 25.3 Å². The van der Waals surface area contributed by atoms with Crippen LogP contribution in [0.25, 0.3) is 10.2 Å². The van der Waals surface area contributed by atoms with Crippen LogP contribution >= 0.6 is 11.3 Å². The first-order valence-corrected chi connectivity index (χ1v) is 11.1. The lowest BCUT2D eigenvalue weighted by molar-refractivity contribution is -0.132. The number of nitrogens with zero attached hydrogens (tertiary/aromatic N) is 5. The Kier molecular flexibility index (Phi) is 4.53. The minimum atomic E-state index is -0.0888. The number of likely N-dealkylation sites (tertiary alicyclic amines) is 1. The van der Waals surface area contributed by atoms with Gasteiger partial charge in [-0.3, -0.25) is 4.79 Å². The third-order valence-corrected chi connectivity index (χ3v) is 7.41. The van der Waals surface area contributed by atoms with Crippen LogP contribution in [0, 0.1) is 13.8 Å². The van der Waals surface area contributed by atoms with Crippen LogP contribution in [0.4, 0.5) is 5.95 Å². The van der Waals surface area contributed by atoms with Crippen molar-refractivity contribution in [3.05, 3.63) is 34.7 Å². The molecule has 0 aromatic carbocycles. The molecule has 0 N–H and O–H groups in total. The highest BCUT2D eigenvalue weighted by Crippen LogP contribution is 2.41. The molecule has 3 aromatic rings. The molecule has 7 nitrogen and oxygen atoms in total. The lowest BCUT2D eigenvalue weighted by Crippen LogP contribution is -2.46. The van der Waals surface area contributed by atoms with Crippen LogP contribution in [0.2, 0.25) is 0 Å². The number of aryl methyl sites for hydroxylation is 2. The van der Waals surface area contributed by atoms with Gasteiger partial charge in [0, 0.05) is 30.6 Å². The van der Waals surface area contributed by atoms with Gasteiger partial charge in [-0.25, -0.2) is 9.97 Å². The normalized spacial score (nSPS) is 22.8. The largest absolute Gasteiger partial charge is 0.361 e. The molecule has 5 heterocycles. The van der Waals surface area contributed by atoms with Gasteiger partial charge in [0.2, 0.25) is 11.9 Å². The summed E-state index contributed by atoms with van der Waals surface area (Å²) in [7, 11) is 0. The number of rotatable bonds is 3. The standard InChI is InChI=1S/C21H25N5O2S/c1-14-16(15(2)28-24-14)13-26-19(27)4-7-21(26)6-3-9-25(10-8-21)20-22-12-18-17(23-20)5-11-29-18/h5,11-12H,3-4,6-10,13H2,1-2H3/t21-/m0/s1. The van der Waals surface area contributed by atoms with E-state index in [0.29, 0.717) is 13.0 Å². The molecule has 8 heteroatoms. The van der Waals surface area contributed by atoms with Crippen LogP contribution in [0.15, 0.2) is 22.2 Å². The second-order valence-corrected chi connectivity index (χ2v) is 9.14. The van der Waals surface area contributed by atoms with Crippen molar-refractivity contribution in [2.24, 2.45) is 0 Å². The van der Waals surface area contributed by atoms with Gasteiger partial charge < -0.3 is 14.3 Å². The third kappa shape index (κ3) is 3.19. The van der Waals surface area contributed by atoms with Crippen molar-refractivity contribution in [2.75, 3.05) is 18.0 Å². The van der Waals surface area contributed by atoms with Gasteiger partial charge in [0.15, 0.2) is 0 Å². The molecule has 0 unspecified atom stereocenters. The number of fused-ring (bicyclic) bond motifs is 1. The molecule has 2 saturated heterocycles. The maximum Gasteiger partial charge on any atom is 0.225 e. The maximum atomic E-state index is 12.8. The molecule has 2 aliphatic heterocycles. The number of aromatic nitrogens is 3. The van der Waals surface area contributed by atoms with E-state index in [-0.39, 0.29) is 11.4 Å². The summed E-state index contributed by atoms with van der Waals surface area (Å²) in [5.41, 5.74) is 2.85. The highest BCUT2D eigenvalue weighted by molar-refractivity contribution is 7.17. The predicted octanol–water partition coefficient (Wildman–Crippen LogP) is 3.85. The molecule has 152 valence electrons. The second-order valence-electron chi connectivity index (χ2n) is 8.19. The Morgan fingerprint density at radius 2 is 2.14 bits per heavy atom. The van der Waals surface area contributed by atoms with E-state index in [9.17, 15) is 4.79 Å². The zero-order chi connectivity index (χ0) is 20.0. The molecule has 0 saturated carbocycles. The van der Waals surface area contributed by atoms with Crippen LogP contribution in [-0.4, -0.2) is 44.6 Å². The zero-order valence-corrected chi connectivity index (χ0v) is 17.7. The summed E-state index contributed by atoms with van der Waals surface area (Å²) < 4.78 is 6.45. The summed E-state index contributed by atoms with van der Waals surface area (Å²) in [6.45, 7) is 6.25. The smallest absolute Gasteiger partial charge is 0.225 e. The number of amides is 1. The molecule has 5 rings (SSSR count). The molecule has 2 aliphatic rings. The molecule has 0 aliphatic carbocycles. The van der Waals surface area contributed by atoms with Crippen molar-refractivity contribution < 1.29 is 9.32 Å². The summed E-state index contributed by atoms with van der Waals surface area (Å²) in [6.07, 6.45) is 6.45. The van der Waals surface area contributed by atoms with E-state index in [1.807, 2.05) is 26.1 Å². The number of anilines is 1.